The Morgan fingerprint density at radius 2 is 1.71 bits per heavy atom. The predicted octanol–water partition coefficient (Wildman–Crippen LogP) is 3.03. The number of guanidine groups is 1. The number of aliphatic imine (C=N–C) groups is 1. The predicted molar refractivity (Wildman–Crippen MR) is 98.1 cm³/mol. The SMILES string of the molecule is CN=C(N)NC(C=O)(COCC1CCCCC1)CC1CCCCC1. The molecule has 2 fully saturated rings. The molecule has 3 N–H and O–H groups in total. The highest BCUT2D eigenvalue weighted by Crippen LogP contribution is 2.31. The van der Waals surface area contributed by atoms with E-state index in [0.717, 1.165) is 19.3 Å². The molecule has 0 aromatic rings. The second-order valence-corrected chi connectivity index (χ2v) is 7.74. The van der Waals surface area contributed by atoms with Gasteiger partial charge in [-0.05, 0) is 31.1 Å². The van der Waals surface area contributed by atoms with Crippen molar-refractivity contribution in [3.05, 3.63) is 0 Å². The lowest BCUT2D eigenvalue weighted by Crippen LogP contribution is -2.57. The van der Waals surface area contributed by atoms with Crippen molar-refractivity contribution in [2.75, 3.05) is 20.3 Å². The minimum atomic E-state index is -0.736. The Bertz CT molecular complexity index is 401. The fourth-order valence-electron chi connectivity index (χ4n) is 4.24. The van der Waals surface area contributed by atoms with Crippen molar-refractivity contribution in [2.45, 2.75) is 76.2 Å². The Hall–Kier alpha value is -1.10. The highest BCUT2D eigenvalue weighted by atomic mass is 16.5. The minimum Gasteiger partial charge on any atom is -0.378 e. The van der Waals surface area contributed by atoms with Crippen LogP contribution in [0.1, 0.15) is 70.6 Å². The number of carbonyl (C=O) groups is 1. The summed E-state index contributed by atoms with van der Waals surface area (Å²) in [7, 11) is 1.64. The number of hydrogen-bond acceptors (Lipinski definition) is 3. The molecule has 24 heavy (non-hydrogen) atoms. The zero-order chi connectivity index (χ0) is 17.3. The molecular formula is C19H35N3O2. The Morgan fingerprint density at radius 1 is 1.12 bits per heavy atom. The molecule has 0 bridgehead atoms. The number of hydrogen-bond donors (Lipinski definition) is 2. The fraction of sp³-hybridized carbons (Fsp3) is 0.895. The second-order valence-electron chi connectivity index (χ2n) is 7.74. The molecule has 0 aliphatic heterocycles. The Balaban J connectivity index is 1.92. The summed E-state index contributed by atoms with van der Waals surface area (Å²) in [5.74, 6) is 1.54. The van der Waals surface area contributed by atoms with Crippen molar-refractivity contribution in [2.24, 2.45) is 22.6 Å². The summed E-state index contributed by atoms with van der Waals surface area (Å²) in [6.07, 6.45) is 14.5. The number of nitrogens with zero attached hydrogens (tertiary/aromatic N) is 1. The molecule has 0 heterocycles. The minimum absolute atomic E-state index is 0.319. The molecule has 0 aromatic heterocycles. The average Bonchev–Trinajstić information content (AvgIpc) is 2.63. The van der Waals surface area contributed by atoms with Crippen LogP contribution in [0.3, 0.4) is 0 Å². The van der Waals surface area contributed by atoms with E-state index >= 15 is 0 Å². The van der Waals surface area contributed by atoms with E-state index in [4.69, 9.17) is 10.5 Å². The number of carbonyl (C=O) groups excluding carboxylic acids is 1. The number of rotatable bonds is 8. The molecular weight excluding hydrogens is 302 g/mol. The summed E-state index contributed by atoms with van der Waals surface area (Å²) in [6.45, 7) is 1.14. The molecule has 2 aliphatic rings. The summed E-state index contributed by atoms with van der Waals surface area (Å²) < 4.78 is 6.01. The molecule has 1 atom stereocenters. The van der Waals surface area contributed by atoms with E-state index < -0.39 is 5.54 Å². The second kappa shape index (κ2) is 10.0. The monoisotopic (exact) mass is 337 g/mol. The molecule has 2 aliphatic carbocycles. The number of aldehydes is 1. The first kappa shape index (κ1) is 19.2. The van der Waals surface area contributed by atoms with E-state index in [2.05, 4.69) is 10.3 Å². The van der Waals surface area contributed by atoms with Gasteiger partial charge in [0.15, 0.2) is 5.96 Å². The topological polar surface area (TPSA) is 76.7 Å². The van der Waals surface area contributed by atoms with Crippen molar-refractivity contribution in [1.82, 2.24) is 5.32 Å². The van der Waals surface area contributed by atoms with E-state index in [1.165, 1.54) is 64.2 Å². The van der Waals surface area contributed by atoms with Crippen molar-refractivity contribution < 1.29 is 9.53 Å². The number of nitrogens with two attached hydrogens (primary N) is 1. The van der Waals surface area contributed by atoms with Crippen LogP contribution in [0.5, 0.6) is 0 Å². The summed E-state index contributed by atoms with van der Waals surface area (Å²) in [6, 6.07) is 0. The van der Waals surface area contributed by atoms with Crippen molar-refractivity contribution in [3.8, 4) is 0 Å². The Morgan fingerprint density at radius 3 is 2.25 bits per heavy atom. The third-order valence-electron chi connectivity index (χ3n) is 5.66. The summed E-state index contributed by atoms with van der Waals surface area (Å²) in [5.41, 5.74) is 5.14. The lowest BCUT2D eigenvalue weighted by molar-refractivity contribution is -0.116. The van der Waals surface area contributed by atoms with Crippen molar-refractivity contribution in [3.63, 3.8) is 0 Å². The molecule has 0 radical (unpaired) electrons. The van der Waals surface area contributed by atoms with Gasteiger partial charge in [-0.15, -0.1) is 0 Å². The lowest BCUT2D eigenvalue weighted by Gasteiger charge is -2.35. The van der Waals surface area contributed by atoms with Crippen LogP contribution in [-0.2, 0) is 9.53 Å². The van der Waals surface area contributed by atoms with Crippen molar-refractivity contribution in [1.29, 1.82) is 0 Å². The van der Waals surface area contributed by atoms with Gasteiger partial charge < -0.3 is 20.6 Å². The number of nitrogens with one attached hydrogen (secondary N) is 1. The zero-order valence-corrected chi connectivity index (χ0v) is 15.3. The highest BCUT2D eigenvalue weighted by molar-refractivity contribution is 5.83. The van der Waals surface area contributed by atoms with E-state index in [-0.39, 0.29) is 0 Å². The van der Waals surface area contributed by atoms with Crippen LogP contribution < -0.4 is 11.1 Å². The van der Waals surface area contributed by atoms with Crippen LogP contribution in [-0.4, -0.2) is 38.0 Å². The van der Waals surface area contributed by atoms with Crippen molar-refractivity contribution >= 4 is 12.2 Å². The smallest absolute Gasteiger partial charge is 0.189 e. The molecule has 0 spiro atoms. The molecule has 5 heteroatoms. The first-order valence-corrected chi connectivity index (χ1v) is 9.72. The molecule has 0 aromatic carbocycles. The van der Waals surface area contributed by atoms with E-state index in [1.54, 1.807) is 7.05 Å². The largest absolute Gasteiger partial charge is 0.378 e. The van der Waals surface area contributed by atoms with Crippen LogP contribution in [0, 0.1) is 11.8 Å². The van der Waals surface area contributed by atoms with Gasteiger partial charge in [0.25, 0.3) is 0 Å². The molecule has 2 saturated carbocycles. The molecule has 138 valence electrons. The van der Waals surface area contributed by atoms with E-state index in [0.29, 0.717) is 24.4 Å². The van der Waals surface area contributed by atoms with Gasteiger partial charge in [-0.25, -0.2) is 0 Å². The van der Waals surface area contributed by atoms with E-state index in [9.17, 15) is 4.79 Å². The Kier molecular flexibility index (Phi) is 8.03. The maximum absolute atomic E-state index is 12.0. The zero-order valence-electron chi connectivity index (χ0n) is 15.3. The van der Waals surface area contributed by atoms with Gasteiger partial charge in [0.1, 0.15) is 11.8 Å². The molecule has 1 unspecified atom stereocenters. The maximum Gasteiger partial charge on any atom is 0.189 e. The normalized spacial score (nSPS) is 23.6. The van der Waals surface area contributed by atoms with Crippen LogP contribution >= 0.6 is 0 Å². The first-order chi connectivity index (χ1) is 11.7. The average molecular weight is 338 g/mol. The van der Waals surface area contributed by atoms with Gasteiger partial charge >= 0.3 is 0 Å². The van der Waals surface area contributed by atoms with Crippen LogP contribution in [0.25, 0.3) is 0 Å². The molecule has 0 saturated heterocycles. The van der Waals surface area contributed by atoms with Crippen LogP contribution in [0.15, 0.2) is 4.99 Å². The van der Waals surface area contributed by atoms with Gasteiger partial charge in [0.05, 0.1) is 6.61 Å². The highest BCUT2D eigenvalue weighted by Gasteiger charge is 2.34. The lowest BCUT2D eigenvalue weighted by atomic mass is 9.80. The van der Waals surface area contributed by atoms with Crippen LogP contribution in [0.4, 0.5) is 0 Å². The molecule has 5 nitrogen and oxygen atoms in total. The summed E-state index contributed by atoms with van der Waals surface area (Å²) in [4.78, 5) is 16.0. The summed E-state index contributed by atoms with van der Waals surface area (Å²) in [5, 5.41) is 3.15. The van der Waals surface area contributed by atoms with Gasteiger partial charge in [0.2, 0.25) is 0 Å². The molecule has 2 rings (SSSR count). The number of ether oxygens (including phenoxy) is 1. The van der Waals surface area contributed by atoms with Gasteiger partial charge in [-0.3, -0.25) is 4.99 Å². The van der Waals surface area contributed by atoms with E-state index in [1.807, 2.05) is 0 Å². The van der Waals surface area contributed by atoms with Gasteiger partial charge in [0, 0.05) is 13.7 Å². The molecule has 0 amide bonds. The summed E-state index contributed by atoms with van der Waals surface area (Å²) >= 11 is 0. The maximum atomic E-state index is 12.0. The van der Waals surface area contributed by atoms with Crippen LogP contribution in [0.2, 0.25) is 0 Å². The third kappa shape index (κ3) is 6.08. The fourth-order valence-corrected chi connectivity index (χ4v) is 4.24. The standard InChI is InChI=1S/C19H35N3O2/c1-21-18(20)22-19(14-23,12-16-8-4-2-5-9-16)15-24-13-17-10-6-3-7-11-17/h14,16-17H,2-13,15H2,1H3,(H3,20,21,22). The Labute approximate surface area is 146 Å². The quantitative estimate of drug-likeness (QED) is 0.405. The van der Waals surface area contributed by atoms with Gasteiger partial charge in [-0.1, -0.05) is 51.4 Å². The first-order valence-electron chi connectivity index (χ1n) is 9.72. The van der Waals surface area contributed by atoms with Gasteiger partial charge in [-0.2, -0.15) is 0 Å². The third-order valence-corrected chi connectivity index (χ3v) is 5.66.